The zero-order valence-corrected chi connectivity index (χ0v) is 19.6. The van der Waals surface area contributed by atoms with Crippen LogP contribution in [0.15, 0.2) is 48.5 Å². The van der Waals surface area contributed by atoms with E-state index in [1.165, 1.54) is 0 Å². The molecule has 1 saturated heterocycles. The zero-order valence-electron chi connectivity index (χ0n) is 18.0. The van der Waals surface area contributed by atoms with Crippen molar-refractivity contribution in [1.82, 2.24) is 10.2 Å². The molecule has 1 aliphatic rings. The Kier molecular flexibility index (Phi) is 8.15. The normalized spacial score (nSPS) is 14.8. The van der Waals surface area contributed by atoms with Crippen molar-refractivity contribution < 1.29 is 18.0 Å². The van der Waals surface area contributed by atoms with E-state index in [1.807, 2.05) is 11.0 Å². The minimum absolute atomic E-state index is 0.0899. The highest BCUT2D eigenvalue weighted by molar-refractivity contribution is 7.92. The first kappa shape index (κ1) is 24.1. The van der Waals surface area contributed by atoms with Gasteiger partial charge in [0.1, 0.15) is 0 Å². The molecule has 0 aromatic heterocycles. The van der Waals surface area contributed by atoms with Gasteiger partial charge in [-0.3, -0.25) is 14.3 Å². The number of amides is 2. The van der Waals surface area contributed by atoms with E-state index >= 15 is 0 Å². The summed E-state index contributed by atoms with van der Waals surface area (Å²) in [6, 6.07) is 13.5. The van der Waals surface area contributed by atoms with Crippen LogP contribution in [0.3, 0.4) is 0 Å². The monoisotopic (exact) mass is 477 g/mol. The van der Waals surface area contributed by atoms with Crippen LogP contribution in [0.5, 0.6) is 0 Å². The molecule has 0 atom stereocenters. The van der Waals surface area contributed by atoms with Crippen molar-refractivity contribution in [3.05, 3.63) is 64.7 Å². The van der Waals surface area contributed by atoms with Gasteiger partial charge in [0.2, 0.25) is 15.9 Å². The van der Waals surface area contributed by atoms with Gasteiger partial charge in [-0.25, -0.2) is 8.42 Å². The molecular formula is C23H28ClN3O4S. The summed E-state index contributed by atoms with van der Waals surface area (Å²) < 4.78 is 27.3. The van der Waals surface area contributed by atoms with Crippen LogP contribution in [0, 0.1) is 5.92 Å². The van der Waals surface area contributed by atoms with Gasteiger partial charge < -0.3 is 10.2 Å². The first-order valence-corrected chi connectivity index (χ1v) is 12.6. The van der Waals surface area contributed by atoms with E-state index in [0.29, 0.717) is 35.2 Å². The van der Waals surface area contributed by atoms with Crippen LogP contribution < -0.4 is 10.0 Å². The molecule has 7 nitrogen and oxygen atoms in total. The van der Waals surface area contributed by atoms with Crippen LogP contribution in [-0.4, -0.2) is 50.5 Å². The number of rotatable bonds is 8. The van der Waals surface area contributed by atoms with E-state index in [-0.39, 0.29) is 17.6 Å². The zero-order chi connectivity index (χ0) is 23.1. The minimum Gasteiger partial charge on any atom is -0.352 e. The van der Waals surface area contributed by atoms with Crippen molar-refractivity contribution in [3.63, 3.8) is 0 Å². The number of sulfonamides is 1. The Bertz CT molecular complexity index is 1050. The topological polar surface area (TPSA) is 95.6 Å². The van der Waals surface area contributed by atoms with Crippen molar-refractivity contribution in [1.29, 1.82) is 0 Å². The number of carbonyl (C=O) groups excluding carboxylic acids is 2. The molecule has 32 heavy (non-hydrogen) atoms. The Labute approximate surface area is 194 Å². The average molecular weight is 478 g/mol. The third kappa shape index (κ3) is 6.97. The third-order valence-electron chi connectivity index (χ3n) is 5.63. The lowest BCUT2D eigenvalue weighted by Gasteiger charge is -2.31. The van der Waals surface area contributed by atoms with Gasteiger partial charge in [-0.05, 0) is 61.1 Å². The number of nitrogens with zero attached hydrogens (tertiary/aromatic N) is 1. The Morgan fingerprint density at radius 1 is 1.06 bits per heavy atom. The lowest BCUT2D eigenvalue weighted by molar-refractivity contribution is -0.130. The van der Waals surface area contributed by atoms with E-state index in [1.54, 1.807) is 49.4 Å². The predicted octanol–water partition coefficient (Wildman–Crippen LogP) is 3.31. The van der Waals surface area contributed by atoms with E-state index in [9.17, 15) is 18.0 Å². The highest BCUT2D eigenvalue weighted by Gasteiger charge is 2.21. The van der Waals surface area contributed by atoms with Gasteiger partial charge in [-0.1, -0.05) is 29.8 Å². The van der Waals surface area contributed by atoms with Gasteiger partial charge in [0.25, 0.3) is 5.91 Å². The smallest absolute Gasteiger partial charge is 0.251 e. The molecule has 0 spiro atoms. The lowest BCUT2D eigenvalue weighted by Crippen LogP contribution is -2.40. The maximum atomic E-state index is 12.4. The molecular weight excluding hydrogens is 450 g/mol. The number of benzene rings is 2. The van der Waals surface area contributed by atoms with E-state index in [0.717, 1.165) is 31.5 Å². The van der Waals surface area contributed by atoms with Crippen LogP contribution in [-0.2, 0) is 21.2 Å². The molecule has 2 aromatic rings. The highest BCUT2D eigenvalue weighted by atomic mass is 35.5. The summed E-state index contributed by atoms with van der Waals surface area (Å²) in [5.41, 5.74) is 1.64. The molecule has 2 N–H and O–H groups in total. The Balaban J connectivity index is 1.47. The summed E-state index contributed by atoms with van der Waals surface area (Å²) in [6.45, 7) is 3.58. The number of piperidine rings is 1. The molecule has 1 fully saturated rings. The summed E-state index contributed by atoms with van der Waals surface area (Å²) in [4.78, 5) is 25.6. The van der Waals surface area contributed by atoms with Crippen LogP contribution in [0.4, 0.5) is 5.69 Å². The molecule has 2 amide bonds. The fourth-order valence-electron chi connectivity index (χ4n) is 3.66. The third-order valence-corrected chi connectivity index (χ3v) is 7.29. The number of carbonyl (C=O) groups is 2. The molecule has 0 bridgehead atoms. The molecule has 0 aliphatic carbocycles. The molecule has 1 heterocycles. The number of anilines is 1. The molecule has 2 aromatic carbocycles. The number of nitrogens with one attached hydrogen (secondary N) is 2. The van der Waals surface area contributed by atoms with E-state index < -0.39 is 10.0 Å². The van der Waals surface area contributed by atoms with Crippen molar-refractivity contribution in [2.45, 2.75) is 26.2 Å². The Morgan fingerprint density at radius 2 is 1.72 bits per heavy atom. The van der Waals surface area contributed by atoms with Gasteiger partial charge in [-0.15, -0.1) is 0 Å². The van der Waals surface area contributed by atoms with Gasteiger partial charge >= 0.3 is 0 Å². The van der Waals surface area contributed by atoms with Gasteiger partial charge in [0, 0.05) is 42.8 Å². The molecule has 0 unspecified atom stereocenters. The first-order valence-electron chi connectivity index (χ1n) is 10.6. The highest BCUT2D eigenvalue weighted by Crippen LogP contribution is 2.18. The van der Waals surface area contributed by atoms with Crippen molar-refractivity contribution in [3.8, 4) is 0 Å². The number of hydrogen-bond donors (Lipinski definition) is 2. The number of likely N-dealkylation sites (tertiary alicyclic amines) is 1. The van der Waals surface area contributed by atoms with Gasteiger partial charge in [0.05, 0.1) is 5.75 Å². The van der Waals surface area contributed by atoms with E-state index in [2.05, 4.69) is 10.0 Å². The number of aryl methyl sites for hydroxylation is 1. The van der Waals surface area contributed by atoms with Crippen molar-refractivity contribution in [2.24, 2.45) is 5.92 Å². The van der Waals surface area contributed by atoms with Crippen molar-refractivity contribution >= 4 is 39.1 Å². The Morgan fingerprint density at radius 3 is 2.34 bits per heavy atom. The number of hydrogen-bond acceptors (Lipinski definition) is 4. The first-order chi connectivity index (χ1) is 15.2. The quantitative estimate of drug-likeness (QED) is 0.609. The molecule has 0 radical (unpaired) electrons. The van der Waals surface area contributed by atoms with Crippen LogP contribution >= 0.6 is 11.6 Å². The van der Waals surface area contributed by atoms with Gasteiger partial charge in [-0.2, -0.15) is 0 Å². The van der Waals surface area contributed by atoms with Crippen LogP contribution in [0.25, 0.3) is 0 Å². The predicted molar refractivity (Wildman–Crippen MR) is 126 cm³/mol. The second-order valence-corrected chi connectivity index (χ2v) is 10.2. The SMILES string of the molecule is CC(=O)N1CCC(CNC(=O)c2ccc(NS(=O)(=O)CCc3ccccc3Cl)cc2)CC1. The maximum Gasteiger partial charge on any atom is 0.251 e. The summed E-state index contributed by atoms with van der Waals surface area (Å²) in [5, 5.41) is 3.47. The Hall–Kier alpha value is -2.58. The van der Waals surface area contributed by atoms with Crippen LogP contribution in [0.2, 0.25) is 5.02 Å². The summed E-state index contributed by atoms with van der Waals surface area (Å²) >= 11 is 6.09. The van der Waals surface area contributed by atoms with Crippen LogP contribution in [0.1, 0.15) is 35.7 Å². The summed E-state index contributed by atoms with van der Waals surface area (Å²) in [5.74, 6) is 0.138. The largest absolute Gasteiger partial charge is 0.352 e. The molecule has 3 rings (SSSR count). The maximum absolute atomic E-state index is 12.4. The second-order valence-electron chi connectivity index (χ2n) is 8.00. The lowest BCUT2D eigenvalue weighted by atomic mass is 9.96. The number of halogens is 1. The fraction of sp³-hybridized carbons (Fsp3) is 0.391. The molecule has 9 heteroatoms. The average Bonchev–Trinajstić information content (AvgIpc) is 2.77. The summed E-state index contributed by atoms with van der Waals surface area (Å²) in [6.07, 6.45) is 2.05. The summed E-state index contributed by atoms with van der Waals surface area (Å²) in [7, 11) is -3.56. The van der Waals surface area contributed by atoms with Gasteiger partial charge in [0.15, 0.2) is 0 Å². The second kappa shape index (κ2) is 10.8. The molecule has 1 aliphatic heterocycles. The standard InChI is InChI=1S/C23H28ClN3O4S/c1-17(28)27-13-10-18(11-14-27)16-25-23(29)20-6-8-21(9-7-20)26-32(30,31)15-12-19-4-2-3-5-22(19)24/h2-9,18,26H,10-16H2,1H3,(H,25,29). The van der Waals surface area contributed by atoms with E-state index in [4.69, 9.17) is 11.6 Å². The minimum atomic E-state index is -3.56. The molecule has 0 saturated carbocycles. The molecule has 172 valence electrons. The fourth-order valence-corrected chi connectivity index (χ4v) is 4.97. The van der Waals surface area contributed by atoms with Crippen molar-refractivity contribution in [2.75, 3.05) is 30.1 Å².